The molecule has 2 N–H and O–H groups in total. The summed E-state index contributed by atoms with van der Waals surface area (Å²) in [5, 5.41) is 16.5. The number of aliphatic hydroxyl groups is 1. The van der Waals surface area contributed by atoms with Crippen LogP contribution in [0, 0.1) is 0 Å². The number of azide groups is 1. The highest BCUT2D eigenvalue weighted by atomic mass is 16.3. The molecule has 1 aliphatic carbocycles. The van der Waals surface area contributed by atoms with Crippen molar-refractivity contribution in [3.05, 3.63) is 10.4 Å². The minimum absolute atomic E-state index is 0.281. The summed E-state index contributed by atoms with van der Waals surface area (Å²) in [5.41, 5.74) is 8.33. The van der Waals surface area contributed by atoms with Crippen molar-refractivity contribution in [1.82, 2.24) is 5.32 Å². The Morgan fingerprint density at radius 2 is 2.36 bits per heavy atom. The van der Waals surface area contributed by atoms with Crippen molar-refractivity contribution in [2.24, 2.45) is 5.11 Å². The van der Waals surface area contributed by atoms with Crippen molar-refractivity contribution >= 4 is 0 Å². The molecule has 2 unspecified atom stereocenters. The van der Waals surface area contributed by atoms with Gasteiger partial charge in [0.1, 0.15) is 0 Å². The third-order valence-corrected chi connectivity index (χ3v) is 2.42. The molecule has 0 bridgehead atoms. The molecule has 2 atom stereocenters. The summed E-state index contributed by atoms with van der Waals surface area (Å²) in [6, 6.07) is 0.300. The number of nitrogens with zero attached hydrogens (tertiary/aromatic N) is 3. The van der Waals surface area contributed by atoms with Crippen LogP contribution in [0.5, 0.6) is 0 Å². The zero-order chi connectivity index (χ0) is 10.4. The van der Waals surface area contributed by atoms with E-state index in [2.05, 4.69) is 15.3 Å². The van der Waals surface area contributed by atoms with Crippen LogP contribution in [0.1, 0.15) is 32.6 Å². The fourth-order valence-corrected chi connectivity index (χ4v) is 1.40. The number of aliphatic hydroxyl groups excluding tert-OH is 1. The highest BCUT2D eigenvalue weighted by Crippen LogP contribution is 2.19. The molecule has 0 radical (unpaired) electrons. The van der Waals surface area contributed by atoms with Gasteiger partial charge in [0.25, 0.3) is 0 Å². The van der Waals surface area contributed by atoms with E-state index in [1.54, 1.807) is 0 Å². The van der Waals surface area contributed by atoms with Crippen molar-refractivity contribution in [3.8, 4) is 0 Å². The molecule has 0 heterocycles. The van der Waals surface area contributed by atoms with Gasteiger partial charge in [-0.25, -0.2) is 0 Å². The molecule has 0 aliphatic heterocycles. The van der Waals surface area contributed by atoms with E-state index in [4.69, 9.17) is 5.53 Å². The van der Waals surface area contributed by atoms with Crippen LogP contribution in [0.2, 0.25) is 0 Å². The molecule has 1 rings (SSSR count). The average molecular weight is 198 g/mol. The molecule has 0 aromatic carbocycles. The first-order valence-electron chi connectivity index (χ1n) is 5.23. The SMILES string of the molecule is CCCC(N=[N+]=[N-])C(O)CNC1CC1. The summed E-state index contributed by atoms with van der Waals surface area (Å²) in [6.07, 6.45) is 3.52. The molecule has 1 aliphatic rings. The van der Waals surface area contributed by atoms with Crippen LogP contribution in [-0.2, 0) is 0 Å². The lowest BCUT2D eigenvalue weighted by molar-refractivity contribution is 0.137. The van der Waals surface area contributed by atoms with Gasteiger partial charge in [0.2, 0.25) is 0 Å². The first kappa shape index (κ1) is 11.3. The van der Waals surface area contributed by atoms with E-state index in [0.717, 1.165) is 12.8 Å². The Morgan fingerprint density at radius 1 is 1.64 bits per heavy atom. The molecule has 14 heavy (non-hydrogen) atoms. The van der Waals surface area contributed by atoms with E-state index in [1.807, 2.05) is 6.92 Å². The second-order valence-corrected chi connectivity index (χ2v) is 3.81. The van der Waals surface area contributed by atoms with Crippen LogP contribution in [-0.4, -0.2) is 29.8 Å². The van der Waals surface area contributed by atoms with Gasteiger partial charge in [-0.15, -0.1) is 0 Å². The fourth-order valence-electron chi connectivity index (χ4n) is 1.40. The zero-order valence-electron chi connectivity index (χ0n) is 8.56. The summed E-state index contributed by atoms with van der Waals surface area (Å²) < 4.78 is 0. The first-order chi connectivity index (χ1) is 6.77. The Kier molecular flexibility index (Phi) is 4.73. The lowest BCUT2D eigenvalue weighted by atomic mass is 10.1. The van der Waals surface area contributed by atoms with Gasteiger partial charge in [0.15, 0.2) is 0 Å². The minimum atomic E-state index is -0.550. The maximum absolute atomic E-state index is 9.72. The Hall–Kier alpha value is -0.770. The molecule has 1 saturated carbocycles. The van der Waals surface area contributed by atoms with Crippen molar-refractivity contribution in [2.75, 3.05) is 6.54 Å². The van der Waals surface area contributed by atoms with E-state index in [-0.39, 0.29) is 6.04 Å². The number of rotatable bonds is 7. The maximum Gasteiger partial charge on any atom is 0.0749 e. The lowest BCUT2D eigenvalue weighted by Crippen LogP contribution is -2.36. The van der Waals surface area contributed by atoms with Gasteiger partial charge in [0, 0.05) is 17.5 Å². The molecule has 5 nitrogen and oxygen atoms in total. The predicted molar refractivity (Wildman–Crippen MR) is 54.9 cm³/mol. The largest absolute Gasteiger partial charge is 0.391 e. The number of nitrogens with one attached hydrogen (secondary N) is 1. The molecule has 80 valence electrons. The molecule has 5 heteroatoms. The Balaban J connectivity index is 2.27. The maximum atomic E-state index is 9.72. The Morgan fingerprint density at radius 3 is 2.86 bits per heavy atom. The molecular weight excluding hydrogens is 180 g/mol. The quantitative estimate of drug-likeness (QED) is 0.370. The van der Waals surface area contributed by atoms with E-state index >= 15 is 0 Å². The standard InChI is InChI=1S/C9H18N4O/c1-2-3-8(12-13-10)9(14)6-11-7-4-5-7/h7-9,11,14H,2-6H2,1H3. The van der Waals surface area contributed by atoms with Crippen molar-refractivity contribution in [1.29, 1.82) is 0 Å². The van der Waals surface area contributed by atoms with Gasteiger partial charge in [-0.2, -0.15) is 0 Å². The van der Waals surface area contributed by atoms with Crippen molar-refractivity contribution in [2.45, 2.75) is 50.8 Å². The smallest absolute Gasteiger partial charge is 0.0749 e. The highest BCUT2D eigenvalue weighted by Gasteiger charge is 2.23. The summed E-state index contributed by atoms with van der Waals surface area (Å²) in [6.45, 7) is 2.55. The van der Waals surface area contributed by atoms with Gasteiger partial charge in [-0.3, -0.25) is 0 Å². The summed E-state index contributed by atoms with van der Waals surface area (Å²) in [7, 11) is 0. The van der Waals surface area contributed by atoms with E-state index in [9.17, 15) is 5.11 Å². The van der Waals surface area contributed by atoms with Gasteiger partial charge in [0.05, 0.1) is 12.1 Å². The Labute approximate surface area is 84.1 Å². The summed E-state index contributed by atoms with van der Waals surface area (Å²) >= 11 is 0. The monoisotopic (exact) mass is 198 g/mol. The lowest BCUT2D eigenvalue weighted by Gasteiger charge is -2.17. The van der Waals surface area contributed by atoms with Crippen LogP contribution in [0.3, 0.4) is 0 Å². The van der Waals surface area contributed by atoms with Gasteiger partial charge in [-0.1, -0.05) is 18.5 Å². The highest BCUT2D eigenvalue weighted by molar-refractivity contribution is 4.85. The molecule has 0 amide bonds. The second-order valence-electron chi connectivity index (χ2n) is 3.81. The van der Waals surface area contributed by atoms with Crippen LogP contribution < -0.4 is 5.32 Å². The van der Waals surface area contributed by atoms with Gasteiger partial charge in [-0.05, 0) is 24.8 Å². The average Bonchev–Trinajstić information content (AvgIpc) is 2.97. The van der Waals surface area contributed by atoms with Gasteiger partial charge >= 0.3 is 0 Å². The second kappa shape index (κ2) is 5.86. The van der Waals surface area contributed by atoms with E-state index < -0.39 is 6.10 Å². The molecule has 1 fully saturated rings. The molecule has 0 aromatic heterocycles. The van der Waals surface area contributed by atoms with E-state index in [1.165, 1.54) is 12.8 Å². The van der Waals surface area contributed by atoms with Crippen molar-refractivity contribution in [3.63, 3.8) is 0 Å². The molecular formula is C9H18N4O. The van der Waals surface area contributed by atoms with E-state index in [0.29, 0.717) is 12.6 Å². The zero-order valence-corrected chi connectivity index (χ0v) is 8.56. The molecule has 0 aromatic rings. The van der Waals surface area contributed by atoms with Crippen LogP contribution in [0.4, 0.5) is 0 Å². The van der Waals surface area contributed by atoms with Crippen LogP contribution >= 0.6 is 0 Å². The van der Waals surface area contributed by atoms with Gasteiger partial charge < -0.3 is 10.4 Å². The molecule has 0 saturated heterocycles. The molecule has 0 spiro atoms. The minimum Gasteiger partial charge on any atom is -0.391 e. The third kappa shape index (κ3) is 3.96. The Bertz CT molecular complexity index is 211. The van der Waals surface area contributed by atoms with Crippen LogP contribution in [0.25, 0.3) is 10.4 Å². The fraction of sp³-hybridized carbons (Fsp3) is 1.00. The summed E-state index contributed by atoms with van der Waals surface area (Å²) in [5.74, 6) is 0. The van der Waals surface area contributed by atoms with Crippen molar-refractivity contribution < 1.29 is 5.11 Å². The topological polar surface area (TPSA) is 81.0 Å². The van der Waals surface area contributed by atoms with Crippen LogP contribution in [0.15, 0.2) is 5.11 Å². The normalized spacial score (nSPS) is 19.9. The first-order valence-corrected chi connectivity index (χ1v) is 5.23. The third-order valence-electron chi connectivity index (χ3n) is 2.42. The predicted octanol–water partition coefficient (Wildman–Crippen LogP) is 1.58. The number of hydrogen-bond acceptors (Lipinski definition) is 3. The summed E-state index contributed by atoms with van der Waals surface area (Å²) in [4.78, 5) is 2.76. The number of hydrogen-bond donors (Lipinski definition) is 2.